The molecule has 0 aliphatic rings. The Labute approximate surface area is 144 Å². The molecule has 0 atom stereocenters. The monoisotopic (exact) mass is 377 g/mol. The van der Waals surface area contributed by atoms with Gasteiger partial charge < -0.3 is 14.8 Å². The van der Waals surface area contributed by atoms with Crippen molar-refractivity contribution in [2.24, 2.45) is 0 Å². The van der Waals surface area contributed by atoms with E-state index in [0.717, 1.165) is 5.69 Å². The molecule has 1 N–H and O–H groups in total. The van der Waals surface area contributed by atoms with E-state index in [1.165, 1.54) is 12.7 Å². The van der Waals surface area contributed by atoms with E-state index in [9.17, 15) is 4.79 Å². The molecule has 4 nitrogen and oxygen atoms in total. The second-order valence-electron chi connectivity index (χ2n) is 5.42. The zero-order valence-electron chi connectivity index (χ0n) is 13.6. The van der Waals surface area contributed by atoms with Crippen LogP contribution >= 0.6 is 15.9 Å². The van der Waals surface area contributed by atoms with Gasteiger partial charge in [0.05, 0.1) is 24.3 Å². The van der Waals surface area contributed by atoms with Crippen LogP contribution in [0.1, 0.15) is 35.7 Å². The van der Waals surface area contributed by atoms with Crippen molar-refractivity contribution in [1.29, 1.82) is 0 Å². The van der Waals surface area contributed by atoms with Gasteiger partial charge in [-0.05, 0) is 51.7 Å². The summed E-state index contributed by atoms with van der Waals surface area (Å²) in [7, 11) is 3.08. The summed E-state index contributed by atoms with van der Waals surface area (Å²) in [5.74, 6) is 1.26. The summed E-state index contributed by atoms with van der Waals surface area (Å²) in [5.41, 5.74) is 2.37. The minimum absolute atomic E-state index is 0.251. The minimum Gasteiger partial charge on any atom is -0.497 e. The summed E-state index contributed by atoms with van der Waals surface area (Å²) >= 11 is 3.39. The molecule has 0 aromatic heterocycles. The molecule has 0 radical (unpaired) electrons. The molecule has 0 aliphatic carbocycles. The molecule has 0 fully saturated rings. The SMILES string of the molecule is COc1cc(Br)c(OC)c(C(=O)Nc2ccc(C(C)C)cc2)c1. The summed E-state index contributed by atoms with van der Waals surface area (Å²) in [6, 6.07) is 11.2. The molecule has 122 valence electrons. The van der Waals surface area contributed by atoms with Crippen LogP contribution in [0.2, 0.25) is 0 Å². The average molecular weight is 378 g/mol. The number of anilines is 1. The number of hydrogen-bond donors (Lipinski definition) is 1. The van der Waals surface area contributed by atoms with Gasteiger partial charge in [0.15, 0.2) is 0 Å². The Morgan fingerprint density at radius 3 is 2.26 bits per heavy atom. The second kappa shape index (κ2) is 7.51. The molecular weight excluding hydrogens is 358 g/mol. The molecule has 23 heavy (non-hydrogen) atoms. The lowest BCUT2D eigenvalue weighted by atomic mass is 10.0. The molecule has 2 aromatic rings. The summed E-state index contributed by atoms with van der Waals surface area (Å²) < 4.78 is 11.2. The fourth-order valence-electron chi connectivity index (χ4n) is 2.21. The van der Waals surface area contributed by atoms with Crippen LogP contribution in [0.4, 0.5) is 5.69 Å². The number of halogens is 1. The highest BCUT2D eigenvalue weighted by Crippen LogP contribution is 2.34. The van der Waals surface area contributed by atoms with E-state index < -0.39 is 0 Å². The fraction of sp³-hybridized carbons (Fsp3) is 0.278. The molecule has 0 saturated carbocycles. The standard InChI is InChI=1S/C18H20BrNO3/c1-11(2)12-5-7-13(8-6-12)20-18(21)15-9-14(22-3)10-16(19)17(15)23-4/h5-11H,1-4H3,(H,20,21). The first-order chi connectivity index (χ1) is 11.0. The van der Waals surface area contributed by atoms with Crippen molar-refractivity contribution in [3.8, 4) is 11.5 Å². The number of ether oxygens (including phenoxy) is 2. The van der Waals surface area contributed by atoms with Crippen LogP contribution in [0, 0.1) is 0 Å². The van der Waals surface area contributed by atoms with Crippen molar-refractivity contribution in [2.45, 2.75) is 19.8 Å². The van der Waals surface area contributed by atoms with Crippen LogP contribution < -0.4 is 14.8 Å². The van der Waals surface area contributed by atoms with Gasteiger partial charge in [-0.25, -0.2) is 0 Å². The fourth-order valence-corrected chi connectivity index (χ4v) is 2.81. The Kier molecular flexibility index (Phi) is 5.66. The zero-order chi connectivity index (χ0) is 17.0. The summed E-state index contributed by atoms with van der Waals surface area (Å²) in [4.78, 5) is 12.6. The van der Waals surface area contributed by atoms with E-state index in [-0.39, 0.29) is 5.91 Å². The first-order valence-electron chi connectivity index (χ1n) is 7.29. The van der Waals surface area contributed by atoms with Crippen LogP contribution in [0.5, 0.6) is 11.5 Å². The predicted octanol–water partition coefficient (Wildman–Crippen LogP) is 4.84. The van der Waals surface area contributed by atoms with Crippen LogP contribution in [0.15, 0.2) is 40.9 Å². The summed E-state index contributed by atoms with van der Waals surface area (Å²) in [5, 5.41) is 2.88. The number of benzene rings is 2. The van der Waals surface area contributed by atoms with E-state index in [1.807, 2.05) is 24.3 Å². The van der Waals surface area contributed by atoms with E-state index in [4.69, 9.17) is 9.47 Å². The smallest absolute Gasteiger partial charge is 0.259 e. The molecule has 2 rings (SSSR count). The van der Waals surface area contributed by atoms with Gasteiger partial charge in [-0.15, -0.1) is 0 Å². The number of rotatable bonds is 5. The van der Waals surface area contributed by atoms with Crippen molar-refractivity contribution in [1.82, 2.24) is 0 Å². The lowest BCUT2D eigenvalue weighted by Crippen LogP contribution is -2.13. The van der Waals surface area contributed by atoms with Crippen molar-refractivity contribution in [3.63, 3.8) is 0 Å². The van der Waals surface area contributed by atoms with Gasteiger partial charge in [-0.2, -0.15) is 0 Å². The Morgan fingerprint density at radius 2 is 1.74 bits per heavy atom. The van der Waals surface area contributed by atoms with Gasteiger partial charge in [0.2, 0.25) is 0 Å². The maximum absolute atomic E-state index is 12.6. The molecular formula is C18H20BrNO3. The Bertz CT molecular complexity index is 696. The van der Waals surface area contributed by atoms with Crippen LogP contribution in [0.3, 0.4) is 0 Å². The summed E-state index contributed by atoms with van der Waals surface area (Å²) in [6.07, 6.45) is 0. The Morgan fingerprint density at radius 1 is 1.09 bits per heavy atom. The van der Waals surface area contributed by atoms with Crippen molar-refractivity contribution < 1.29 is 14.3 Å². The van der Waals surface area contributed by atoms with Crippen LogP contribution in [-0.4, -0.2) is 20.1 Å². The van der Waals surface area contributed by atoms with E-state index >= 15 is 0 Å². The highest BCUT2D eigenvalue weighted by molar-refractivity contribution is 9.10. The first-order valence-corrected chi connectivity index (χ1v) is 8.08. The topological polar surface area (TPSA) is 47.6 Å². The molecule has 5 heteroatoms. The van der Waals surface area contributed by atoms with Crippen molar-refractivity contribution in [3.05, 3.63) is 52.0 Å². The molecule has 0 aliphatic heterocycles. The highest BCUT2D eigenvalue weighted by atomic mass is 79.9. The van der Waals surface area contributed by atoms with Gasteiger partial charge in [-0.3, -0.25) is 4.79 Å². The maximum atomic E-state index is 12.6. The first kappa shape index (κ1) is 17.3. The molecule has 0 heterocycles. The lowest BCUT2D eigenvalue weighted by molar-refractivity contribution is 0.102. The van der Waals surface area contributed by atoms with E-state index in [2.05, 4.69) is 35.1 Å². The third-order valence-corrected chi connectivity index (χ3v) is 4.13. The van der Waals surface area contributed by atoms with Crippen molar-refractivity contribution in [2.75, 3.05) is 19.5 Å². The molecule has 0 saturated heterocycles. The van der Waals surface area contributed by atoms with E-state index in [1.54, 1.807) is 19.2 Å². The van der Waals surface area contributed by atoms with Crippen LogP contribution in [-0.2, 0) is 0 Å². The van der Waals surface area contributed by atoms with Crippen LogP contribution in [0.25, 0.3) is 0 Å². The average Bonchev–Trinajstić information content (AvgIpc) is 2.54. The number of methoxy groups -OCH3 is 2. The predicted molar refractivity (Wildman–Crippen MR) is 95.7 cm³/mol. The molecule has 1 amide bonds. The van der Waals surface area contributed by atoms with Crippen molar-refractivity contribution >= 4 is 27.5 Å². The Hall–Kier alpha value is -2.01. The quantitative estimate of drug-likeness (QED) is 0.810. The molecule has 0 spiro atoms. The number of hydrogen-bond acceptors (Lipinski definition) is 3. The minimum atomic E-state index is -0.251. The maximum Gasteiger partial charge on any atom is 0.259 e. The molecule has 0 unspecified atom stereocenters. The van der Waals surface area contributed by atoms with Gasteiger partial charge in [-0.1, -0.05) is 26.0 Å². The van der Waals surface area contributed by atoms with Gasteiger partial charge in [0.25, 0.3) is 5.91 Å². The number of nitrogens with one attached hydrogen (secondary N) is 1. The Balaban J connectivity index is 2.28. The number of carbonyl (C=O) groups is 1. The zero-order valence-corrected chi connectivity index (χ0v) is 15.2. The third kappa shape index (κ3) is 4.05. The van der Waals surface area contributed by atoms with Gasteiger partial charge in [0.1, 0.15) is 11.5 Å². The number of carbonyl (C=O) groups excluding carboxylic acids is 1. The normalized spacial score (nSPS) is 10.5. The summed E-state index contributed by atoms with van der Waals surface area (Å²) in [6.45, 7) is 4.26. The lowest BCUT2D eigenvalue weighted by Gasteiger charge is -2.13. The van der Waals surface area contributed by atoms with Gasteiger partial charge in [0, 0.05) is 5.69 Å². The second-order valence-corrected chi connectivity index (χ2v) is 6.28. The third-order valence-electron chi connectivity index (χ3n) is 3.54. The largest absolute Gasteiger partial charge is 0.497 e. The highest BCUT2D eigenvalue weighted by Gasteiger charge is 2.17. The molecule has 2 aromatic carbocycles. The number of amides is 1. The molecule has 0 bridgehead atoms. The van der Waals surface area contributed by atoms with Gasteiger partial charge >= 0.3 is 0 Å². The van der Waals surface area contributed by atoms with E-state index in [0.29, 0.717) is 27.5 Å².